The molecule has 0 aliphatic heterocycles. The minimum atomic E-state index is -0.113. The predicted molar refractivity (Wildman–Crippen MR) is 91.6 cm³/mol. The van der Waals surface area contributed by atoms with Crippen LogP contribution < -0.4 is 11.5 Å². The fourth-order valence-electron chi connectivity index (χ4n) is 1.63. The van der Waals surface area contributed by atoms with Gasteiger partial charge in [0.25, 0.3) is 0 Å². The Morgan fingerprint density at radius 2 is 1.48 bits per heavy atom. The quantitative estimate of drug-likeness (QED) is 0.509. The summed E-state index contributed by atoms with van der Waals surface area (Å²) in [5.74, 6) is -0.113. The highest BCUT2D eigenvalue weighted by atomic mass is 35.5. The highest BCUT2D eigenvalue weighted by Gasteiger charge is 2.09. The summed E-state index contributed by atoms with van der Waals surface area (Å²) in [5.41, 5.74) is 12.9. The van der Waals surface area contributed by atoms with Gasteiger partial charge >= 0.3 is 0 Å². The van der Waals surface area contributed by atoms with E-state index in [0.717, 1.165) is 11.1 Å². The number of nitrogens with zero attached hydrogens (tertiary/aromatic N) is 2. The van der Waals surface area contributed by atoms with Crippen molar-refractivity contribution < 1.29 is 0 Å². The van der Waals surface area contributed by atoms with Crippen molar-refractivity contribution in [2.24, 2.45) is 21.7 Å². The first-order valence-electron chi connectivity index (χ1n) is 5.75. The van der Waals surface area contributed by atoms with Crippen LogP contribution in [0.1, 0.15) is 11.1 Å². The summed E-state index contributed by atoms with van der Waals surface area (Å²) in [7, 11) is 0. The first-order chi connectivity index (χ1) is 9.58. The topological polar surface area (TPSA) is 76.8 Å². The van der Waals surface area contributed by atoms with Gasteiger partial charge in [0.05, 0.1) is 10.0 Å². The Morgan fingerprint density at radius 3 is 2.05 bits per heavy atom. The highest BCUT2D eigenvalue weighted by Crippen LogP contribution is 2.24. The lowest BCUT2D eigenvalue weighted by atomic mass is 10.0. The zero-order valence-electron chi connectivity index (χ0n) is 10.8. The number of hydrogen-bond donors (Lipinski definition) is 2. The second-order valence-electron chi connectivity index (χ2n) is 3.97. The number of benzene rings is 2. The van der Waals surface area contributed by atoms with Crippen molar-refractivity contribution in [3.63, 3.8) is 0 Å². The molecule has 0 amide bonds. The molecule has 7 heteroatoms. The number of nitrogens with two attached hydrogens (primary N) is 2. The van der Waals surface area contributed by atoms with Gasteiger partial charge in [-0.3, -0.25) is 0 Å². The Kier molecular flexibility index (Phi) is 6.49. The van der Waals surface area contributed by atoms with Gasteiger partial charge in [0, 0.05) is 11.1 Å². The van der Waals surface area contributed by atoms with Crippen LogP contribution in [-0.2, 0) is 0 Å². The normalized spacial score (nSPS) is 10.7. The van der Waals surface area contributed by atoms with E-state index in [0.29, 0.717) is 15.8 Å². The van der Waals surface area contributed by atoms with E-state index in [-0.39, 0.29) is 18.4 Å². The largest absolute Gasteiger partial charge is 0.369 e. The van der Waals surface area contributed by atoms with E-state index in [1.165, 1.54) is 0 Å². The minimum Gasteiger partial charge on any atom is -0.369 e. The molecule has 0 aliphatic rings. The Labute approximate surface area is 138 Å². The maximum Gasteiger partial charge on any atom is 0.211 e. The molecule has 0 bridgehead atoms. The Balaban J connectivity index is 0.00000220. The zero-order valence-corrected chi connectivity index (χ0v) is 13.2. The van der Waals surface area contributed by atoms with Crippen molar-refractivity contribution in [1.82, 2.24) is 0 Å². The molecule has 0 spiro atoms. The monoisotopic (exact) mass is 342 g/mol. The summed E-state index contributed by atoms with van der Waals surface area (Å²) in [6, 6.07) is 14.8. The molecule has 0 radical (unpaired) electrons. The van der Waals surface area contributed by atoms with Crippen LogP contribution in [0, 0.1) is 0 Å². The molecule has 0 saturated heterocycles. The number of rotatable bonds is 3. The van der Waals surface area contributed by atoms with E-state index in [1.54, 1.807) is 12.1 Å². The number of guanidine groups is 1. The van der Waals surface area contributed by atoms with Gasteiger partial charge in [0.1, 0.15) is 5.71 Å². The molecule has 0 aliphatic carbocycles. The van der Waals surface area contributed by atoms with E-state index in [4.69, 9.17) is 34.7 Å². The van der Waals surface area contributed by atoms with Crippen molar-refractivity contribution in [3.8, 4) is 0 Å². The molecule has 21 heavy (non-hydrogen) atoms. The maximum absolute atomic E-state index is 6.04. The molecule has 0 aromatic heterocycles. The number of hydrogen-bond acceptors (Lipinski definition) is 2. The van der Waals surface area contributed by atoms with Crippen molar-refractivity contribution >= 4 is 47.3 Å². The average molecular weight is 344 g/mol. The first kappa shape index (κ1) is 17.3. The van der Waals surface area contributed by atoms with Crippen LogP contribution in [0.5, 0.6) is 0 Å². The van der Waals surface area contributed by atoms with E-state index >= 15 is 0 Å². The lowest BCUT2D eigenvalue weighted by Crippen LogP contribution is -2.22. The van der Waals surface area contributed by atoms with E-state index in [2.05, 4.69) is 10.2 Å². The van der Waals surface area contributed by atoms with E-state index < -0.39 is 0 Å². The third-order valence-electron chi connectivity index (χ3n) is 2.51. The smallest absolute Gasteiger partial charge is 0.211 e. The van der Waals surface area contributed by atoms with Crippen LogP contribution in [0.25, 0.3) is 0 Å². The first-order valence-corrected chi connectivity index (χ1v) is 6.51. The van der Waals surface area contributed by atoms with Crippen LogP contribution in [0.4, 0.5) is 0 Å². The second-order valence-corrected chi connectivity index (χ2v) is 4.78. The van der Waals surface area contributed by atoms with Crippen LogP contribution in [0.3, 0.4) is 0 Å². The summed E-state index contributed by atoms with van der Waals surface area (Å²) in [4.78, 5) is 0. The van der Waals surface area contributed by atoms with Crippen LogP contribution in [0.15, 0.2) is 58.7 Å². The summed E-state index contributed by atoms with van der Waals surface area (Å²) < 4.78 is 0. The van der Waals surface area contributed by atoms with Gasteiger partial charge in [-0.15, -0.1) is 22.6 Å². The van der Waals surface area contributed by atoms with Crippen molar-refractivity contribution in [2.75, 3.05) is 0 Å². The van der Waals surface area contributed by atoms with Gasteiger partial charge in [0.2, 0.25) is 5.96 Å². The molecule has 2 aromatic carbocycles. The third kappa shape index (κ3) is 4.63. The fourth-order valence-corrected chi connectivity index (χ4v) is 1.93. The molecule has 0 heterocycles. The zero-order chi connectivity index (χ0) is 14.5. The fraction of sp³-hybridized carbons (Fsp3) is 0. The molecule has 0 atom stereocenters. The van der Waals surface area contributed by atoms with Gasteiger partial charge in [-0.05, 0) is 12.1 Å². The summed E-state index contributed by atoms with van der Waals surface area (Å²) in [6.07, 6.45) is 0. The van der Waals surface area contributed by atoms with Gasteiger partial charge in [0.15, 0.2) is 0 Å². The Bertz CT molecular complexity index is 665. The SMILES string of the molecule is Cl.NC(N)=N/N=C(\c1ccccc1)c1ccc(Cl)c(Cl)c1. The predicted octanol–water partition coefficient (Wildman–Crippen LogP) is 3.44. The lowest BCUT2D eigenvalue weighted by Gasteiger charge is -2.07. The average Bonchev–Trinajstić information content (AvgIpc) is 2.44. The van der Waals surface area contributed by atoms with Gasteiger partial charge in [-0.1, -0.05) is 59.6 Å². The van der Waals surface area contributed by atoms with Gasteiger partial charge in [-0.25, -0.2) is 0 Å². The molecule has 0 fully saturated rings. The molecule has 0 unspecified atom stereocenters. The Hall–Kier alpha value is -1.75. The maximum atomic E-state index is 6.04. The molecule has 0 saturated carbocycles. The van der Waals surface area contributed by atoms with E-state index in [1.807, 2.05) is 36.4 Å². The molecule has 4 nitrogen and oxygen atoms in total. The van der Waals surface area contributed by atoms with Crippen LogP contribution in [-0.4, -0.2) is 11.7 Å². The van der Waals surface area contributed by atoms with Crippen molar-refractivity contribution in [2.45, 2.75) is 0 Å². The van der Waals surface area contributed by atoms with Crippen LogP contribution in [0.2, 0.25) is 10.0 Å². The molecule has 2 rings (SSSR count). The molecular formula is C14H13Cl3N4. The summed E-state index contributed by atoms with van der Waals surface area (Å²) >= 11 is 12.0. The molecular weight excluding hydrogens is 331 g/mol. The minimum absolute atomic E-state index is 0. The second kappa shape index (κ2) is 7.88. The third-order valence-corrected chi connectivity index (χ3v) is 3.24. The molecule has 4 N–H and O–H groups in total. The number of halogens is 3. The lowest BCUT2D eigenvalue weighted by molar-refractivity contribution is 1.20. The van der Waals surface area contributed by atoms with Crippen LogP contribution >= 0.6 is 35.6 Å². The summed E-state index contributed by atoms with van der Waals surface area (Å²) in [6.45, 7) is 0. The van der Waals surface area contributed by atoms with Gasteiger partial charge < -0.3 is 11.5 Å². The summed E-state index contributed by atoms with van der Waals surface area (Å²) in [5, 5.41) is 8.72. The highest BCUT2D eigenvalue weighted by molar-refractivity contribution is 6.42. The van der Waals surface area contributed by atoms with Gasteiger partial charge in [-0.2, -0.15) is 0 Å². The van der Waals surface area contributed by atoms with Crippen molar-refractivity contribution in [3.05, 3.63) is 69.7 Å². The standard InChI is InChI=1S/C14H12Cl2N4.ClH/c15-11-7-6-10(8-12(11)16)13(19-20-14(17)18)9-4-2-1-3-5-9;/h1-8H,(H4,17,18,20);1H/b19-13+;. The molecule has 2 aromatic rings. The molecule has 110 valence electrons. The van der Waals surface area contributed by atoms with Crippen molar-refractivity contribution in [1.29, 1.82) is 0 Å². The van der Waals surface area contributed by atoms with E-state index in [9.17, 15) is 0 Å². The Morgan fingerprint density at radius 1 is 0.810 bits per heavy atom.